The van der Waals surface area contributed by atoms with Crippen molar-refractivity contribution in [2.24, 2.45) is 20.5 Å². The summed E-state index contributed by atoms with van der Waals surface area (Å²) in [4.78, 5) is -0.619. The number of rotatable bonds is 24. The number of hydrogen-bond donors (Lipinski definition) is 3. The number of nitrogens with one attached hydrogen (secondary N) is 1. The van der Waals surface area contributed by atoms with Crippen molar-refractivity contribution in [2.75, 3.05) is 77.6 Å². The third-order valence-corrected chi connectivity index (χ3v) is 11.3. The average Bonchev–Trinajstić information content (AvgIpc) is 3.23. The zero-order valence-corrected chi connectivity index (χ0v) is 37.7. The van der Waals surface area contributed by atoms with Crippen LogP contribution in [0.25, 0.3) is 10.8 Å². The van der Waals surface area contributed by atoms with Crippen LogP contribution in [0.4, 0.5) is 34.1 Å². The number of nitrogens with zero attached hydrogens (tertiary/aromatic N) is 4. The molecule has 20 heteroatoms. The van der Waals surface area contributed by atoms with Gasteiger partial charge < -0.3 is 43.8 Å². The molecule has 0 aliphatic carbocycles. The number of anilines is 2. The summed E-state index contributed by atoms with van der Waals surface area (Å²) < 4.78 is 89.7. The van der Waals surface area contributed by atoms with Gasteiger partial charge in [-0.2, -0.15) is 10.2 Å². The average molecular weight is 888 g/mol. The summed E-state index contributed by atoms with van der Waals surface area (Å²) in [6.45, 7) is 4.49. The first-order chi connectivity index (χ1) is 28.9. The van der Waals surface area contributed by atoms with Gasteiger partial charge in [0.1, 0.15) is 27.2 Å². The first-order valence-electron chi connectivity index (χ1n) is 18.7. The number of aliphatic hydroxyl groups excluding tert-OH is 1. The van der Waals surface area contributed by atoms with Crippen LogP contribution in [0.1, 0.15) is 12.0 Å². The third-order valence-electron chi connectivity index (χ3n) is 8.66. The number of para-hydroxylation sites is 1. The summed E-state index contributed by atoms with van der Waals surface area (Å²) in [5.41, 5.74) is 2.36. The Labute approximate surface area is 376 Å². The van der Waals surface area contributed by atoms with E-state index in [1.54, 1.807) is 31.2 Å². The number of ether oxygens (including phenoxy) is 5. The van der Waals surface area contributed by atoms with Crippen LogP contribution in [0.5, 0.6) is 11.5 Å². The Morgan fingerprint density at radius 1 is 0.689 bits per heavy atom. The molecule has 5 rings (SSSR count). The molecule has 0 amide bonds. The standard InChI is InChI=1S/C41H47N5O12S2.Na/c1-29-25-37(45-46-40-39(60(51,52)53)27-30-26-33(11-14-35(30)41(40)48)42-31-7-4-3-5-8-31)38(54-2)28-36(29)44-43-32-9-12-34(13-10-32)59(49,50)24-6-16-55-18-20-57-22-23-58-21-19-56-17-15-47;/h3-5,7-14,25-28,42,47-48H,6,15-24H2,1-2H3,(H,51,52,53);/q;+1/p-1. The minimum absolute atomic E-state index is 0. The second-order valence-corrected chi connectivity index (χ2v) is 16.5. The normalized spacial score (nSPS) is 12.0. The van der Waals surface area contributed by atoms with Gasteiger partial charge in [0.15, 0.2) is 15.6 Å². The number of phenolic OH excluding ortho intramolecular Hbond substituents is 1. The molecule has 0 saturated carbocycles. The number of aryl methyl sites for hydroxylation is 1. The van der Waals surface area contributed by atoms with Crippen LogP contribution in [0, 0.1) is 6.92 Å². The second-order valence-electron chi connectivity index (χ2n) is 13.0. The summed E-state index contributed by atoms with van der Waals surface area (Å²) in [6, 6.07) is 24.3. The first kappa shape index (κ1) is 49.3. The number of aliphatic hydroxyl groups is 1. The molecule has 0 unspecified atom stereocenters. The van der Waals surface area contributed by atoms with Gasteiger partial charge in [-0.15, -0.1) is 10.2 Å². The Morgan fingerprint density at radius 2 is 1.31 bits per heavy atom. The Bertz CT molecular complexity index is 2480. The molecule has 17 nitrogen and oxygen atoms in total. The van der Waals surface area contributed by atoms with E-state index < -0.39 is 36.3 Å². The zero-order chi connectivity index (χ0) is 43.0. The van der Waals surface area contributed by atoms with Crippen molar-refractivity contribution in [3.8, 4) is 11.5 Å². The molecule has 0 aliphatic heterocycles. The maximum atomic E-state index is 12.9. The van der Waals surface area contributed by atoms with Crippen molar-refractivity contribution >= 4 is 64.9 Å². The van der Waals surface area contributed by atoms with Crippen LogP contribution in [0.3, 0.4) is 0 Å². The van der Waals surface area contributed by atoms with Gasteiger partial charge in [0, 0.05) is 29.4 Å². The SMILES string of the molecule is COc1cc(N=Nc2ccc(S(=O)(=O)CCCOCCOCCOCCOCCO)cc2)c(C)cc1N=Nc1c(S(=O)(=O)[O-])cc2cc(Nc3ccccc3)ccc2c1O.[Na+]. The molecular formula is C41H46N5NaO12S2. The number of aromatic hydroxyl groups is 1. The summed E-state index contributed by atoms with van der Waals surface area (Å²) in [6.07, 6.45) is 0.300. The van der Waals surface area contributed by atoms with Gasteiger partial charge in [-0.3, -0.25) is 0 Å². The Hall–Kier alpha value is -4.38. The molecular weight excluding hydrogens is 842 g/mol. The molecule has 0 bridgehead atoms. The van der Waals surface area contributed by atoms with E-state index in [0.717, 1.165) is 11.8 Å². The molecule has 0 radical (unpaired) electrons. The van der Waals surface area contributed by atoms with Crippen LogP contribution in [-0.2, 0) is 38.9 Å². The number of hydrogen-bond acceptors (Lipinski definition) is 17. The van der Waals surface area contributed by atoms with Gasteiger partial charge in [-0.05, 0) is 91.0 Å². The maximum absolute atomic E-state index is 12.9. The van der Waals surface area contributed by atoms with Gasteiger partial charge in [0.25, 0.3) is 0 Å². The monoisotopic (exact) mass is 887 g/mol. The van der Waals surface area contributed by atoms with E-state index >= 15 is 0 Å². The van der Waals surface area contributed by atoms with Crippen LogP contribution < -0.4 is 39.6 Å². The molecule has 61 heavy (non-hydrogen) atoms. The number of phenols is 1. The minimum Gasteiger partial charge on any atom is -0.744 e. The molecule has 5 aromatic carbocycles. The van der Waals surface area contributed by atoms with Crippen LogP contribution in [-0.4, -0.2) is 104 Å². The van der Waals surface area contributed by atoms with E-state index in [0.29, 0.717) is 74.1 Å². The quantitative estimate of drug-likeness (QED) is 0.0334. The largest absolute Gasteiger partial charge is 1.00 e. The van der Waals surface area contributed by atoms with E-state index in [9.17, 15) is 26.5 Å². The van der Waals surface area contributed by atoms with Crippen LogP contribution >= 0.6 is 0 Å². The van der Waals surface area contributed by atoms with Gasteiger partial charge >= 0.3 is 29.6 Å². The fourth-order valence-corrected chi connectivity index (χ4v) is 7.58. The van der Waals surface area contributed by atoms with Crippen molar-refractivity contribution in [1.82, 2.24) is 0 Å². The van der Waals surface area contributed by atoms with Crippen molar-refractivity contribution in [3.05, 3.63) is 96.6 Å². The van der Waals surface area contributed by atoms with Crippen LogP contribution in [0.2, 0.25) is 0 Å². The molecule has 320 valence electrons. The minimum atomic E-state index is -5.11. The number of methoxy groups -OCH3 is 1. The fourth-order valence-electron chi connectivity index (χ4n) is 5.65. The van der Waals surface area contributed by atoms with Crippen molar-refractivity contribution in [3.63, 3.8) is 0 Å². The van der Waals surface area contributed by atoms with Crippen LogP contribution in [0.15, 0.2) is 121 Å². The smallest absolute Gasteiger partial charge is 0.744 e. The molecule has 0 atom stereocenters. The summed E-state index contributed by atoms with van der Waals surface area (Å²) >= 11 is 0. The Kier molecular flexibility index (Phi) is 19.6. The molecule has 0 aliphatic rings. The van der Waals surface area contributed by atoms with Gasteiger partial charge in [0.2, 0.25) is 0 Å². The van der Waals surface area contributed by atoms with Crippen molar-refractivity contribution in [1.29, 1.82) is 0 Å². The van der Waals surface area contributed by atoms with E-state index in [4.69, 9.17) is 28.8 Å². The Morgan fingerprint density at radius 3 is 1.93 bits per heavy atom. The van der Waals surface area contributed by atoms with Gasteiger partial charge in [0.05, 0.1) is 86.9 Å². The number of benzene rings is 5. The predicted molar refractivity (Wildman–Crippen MR) is 223 cm³/mol. The molecule has 5 aromatic rings. The summed E-state index contributed by atoms with van der Waals surface area (Å²) in [5.74, 6) is -0.464. The molecule has 0 fully saturated rings. The predicted octanol–water partition coefficient (Wildman–Crippen LogP) is 4.57. The molecule has 3 N–H and O–H groups in total. The van der Waals surface area contributed by atoms with E-state index in [2.05, 4.69) is 25.8 Å². The molecule has 0 aromatic heterocycles. The molecule has 0 spiro atoms. The molecule has 0 heterocycles. The van der Waals surface area contributed by atoms with Gasteiger partial charge in [-0.1, -0.05) is 18.2 Å². The van der Waals surface area contributed by atoms with E-state index in [-0.39, 0.29) is 76.8 Å². The summed E-state index contributed by atoms with van der Waals surface area (Å²) in [7, 11) is -7.30. The van der Waals surface area contributed by atoms with Gasteiger partial charge in [-0.25, -0.2) is 16.8 Å². The number of sulfone groups is 1. The fraction of sp³-hybridized carbons (Fsp3) is 0.317. The second kappa shape index (κ2) is 24.3. The van der Waals surface area contributed by atoms with E-state index in [1.165, 1.54) is 37.4 Å². The molecule has 0 saturated heterocycles. The maximum Gasteiger partial charge on any atom is 1.00 e. The number of fused-ring (bicyclic) bond motifs is 1. The van der Waals surface area contributed by atoms with Crippen molar-refractivity contribution < 1.29 is 84.8 Å². The van der Waals surface area contributed by atoms with E-state index in [1.807, 2.05) is 30.3 Å². The summed E-state index contributed by atoms with van der Waals surface area (Å²) in [5, 5.41) is 40.2. The third kappa shape index (κ3) is 14.9. The topological polar surface area (TPSA) is 239 Å². The number of azo groups is 2. The Balaban J connectivity index is 0.00000819. The zero-order valence-electron chi connectivity index (χ0n) is 34.0. The first-order valence-corrected chi connectivity index (χ1v) is 21.8. The van der Waals surface area contributed by atoms with Crippen molar-refractivity contribution in [2.45, 2.75) is 23.1 Å².